The molecule has 0 unspecified atom stereocenters. The van der Waals surface area contributed by atoms with Crippen LogP contribution < -0.4 is 5.32 Å². The average molecular weight is 338 g/mol. The van der Waals surface area contributed by atoms with Gasteiger partial charge in [0.15, 0.2) is 0 Å². The fraction of sp³-hybridized carbons (Fsp3) is 0.278. The number of rotatable bonds is 4. The Morgan fingerprint density at radius 1 is 1.33 bits per heavy atom. The number of carbonyl (C=O) groups excluding carboxylic acids is 1. The zero-order valence-electron chi connectivity index (χ0n) is 13.2. The number of hydrogen-bond donors (Lipinski definition) is 2. The molecule has 122 valence electrons. The van der Waals surface area contributed by atoms with E-state index >= 15 is 0 Å². The lowest BCUT2D eigenvalue weighted by molar-refractivity contribution is -0.121. The van der Waals surface area contributed by atoms with Crippen molar-refractivity contribution in [1.82, 2.24) is 20.5 Å². The van der Waals surface area contributed by atoms with Crippen molar-refractivity contribution in [1.29, 1.82) is 0 Å². The third kappa shape index (κ3) is 3.23. The van der Waals surface area contributed by atoms with E-state index in [2.05, 4.69) is 20.5 Å². The molecule has 24 heavy (non-hydrogen) atoms. The number of aromatic nitrogens is 3. The van der Waals surface area contributed by atoms with Gasteiger partial charge >= 0.3 is 0 Å². The SMILES string of the molecule is O=C(Cc1csc(-c2ccccc2)n1)N[C@@H]1CCc2cn[nH]c2C1. The lowest BCUT2D eigenvalue weighted by Crippen LogP contribution is -2.39. The van der Waals surface area contributed by atoms with E-state index in [1.54, 1.807) is 11.3 Å². The van der Waals surface area contributed by atoms with Crippen molar-refractivity contribution in [2.75, 3.05) is 0 Å². The minimum atomic E-state index is 0.0351. The number of aryl methyl sites for hydroxylation is 1. The normalized spacial score (nSPS) is 16.6. The third-order valence-corrected chi connectivity index (χ3v) is 5.24. The van der Waals surface area contributed by atoms with Gasteiger partial charge in [0.2, 0.25) is 5.91 Å². The van der Waals surface area contributed by atoms with E-state index in [1.807, 2.05) is 41.9 Å². The van der Waals surface area contributed by atoms with Gasteiger partial charge in [-0.2, -0.15) is 5.10 Å². The minimum Gasteiger partial charge on any atom is -0.353 e. The standard InChI is InChI=1S/C18H18N4OS/c23-17(20-14-7-6-13-10-19-22-16(13)8-14)9-15-11-24-18(21-15)12-4-2-1-3-5-12/h1-5,10-11,14H,6-9H2,(H,19,22)(H,20,23)/t14-/m1/s1. The van der Waals surface area contributed by atoms with E-state index in [0.717, 1.165) is 41.2 Å². The van der Waals surface area contributed by atoms with E-state index in [1.165, 1.54) is 5.56 Å². The topological polar surface area (TPSA) is 70.7 Å². The van der Waals surface area contributed by atoms with Gasteiger partial charge < -0.3 is 5.32 Å². The Morgan fingerprint density at radius 2 is 2.21 bits per heavy atom. The lowest BCUT2D eigenvalue weighted by atomic mass is 9.93. The number of fused-ring (bicyclic) bond motifs is 1. The Morgan fingerprint density at radius 3 is 3.08 bits per heavy atom. The molecule has 2 aromatic heterocycles. The number of nitrogens with one attached hydrogen (secondary N) is 2. The molecule has 6 heteroatoms. The predicted octanol–water partition coefficient (Wildman–Crippen LogP) is 2.75. The monoisotopic (exact) mass is 338 g/mol. The first-order chi connectivity index (χ1) is 11.8. The summed E-state index contributed by atoms with van der Waals surface area (Å²) in [6.07, 6.45) is 4.97. The Kier molecular flexibility index (Phi) is 4.13. The first-order valence-electron chi connectivity index (χ1n) is 8.08. The van der Waals surface area contributed by atoms with Gasteiger partial charge in [0.05, 0.1) is 18.3 Å². The van der Waals surface area contributed by atoms with Gasteiger partial charge in [-0.05, 0) is 18.4 Å². The lowest BCUT2D eigenvalue weighted by Gasteiger charge is -2.22. The second-order valence-corrected chi connectivity index (χ2v) is 6.93. The zero-order chi connectivity index (χ0) is 16.4. The Bertz CT molecular complexity index is 840. The average Bonchev–Trinajstić information content (AvgIpc) is 3.24. The fourth-order valence-corrected chi connectivity index (χ4v) is 3.90. The van der Waals surface area contributed by atoms with Crippen molar-refractivity contribution in [3.05, 3.63) is 58.9 Å². The molecule has 4 rings (SSSR count). The summed E-state index contributed by atoms with van der Waals surface area (Å²) >= 11 is 1.58. The van der Waals surface area contributed by atoms with Crippen LogP contribution in [0.4, 0.5) is 0 Å². The fourth-order valence-electron chi connectivity index (χ4n) is 3.08. The Hall–Kier alpha value is -2.47. The molecule has 1 amide bonds. The molecule has 1 atom stereocenters. The molecule has 0 saturated heterocycles. The number of aromatic amines is 1. The van der Waals surface area contributed by atoms with Crippen LogP contribution in [0.25, 0.3) is 10.6 Å². The summed E-state index contributed by atoms with van der Waals surface area (Å²) in [5.74, 6) is 0.0351. The molecule has 1 aliphatic rings. The molecule has 2 N–H and O–H groups in total. The minimum absolute atomic E-state index is 0.0351. The summed E-state index contributed by atoms with van der Waals surface area (Å²) in [5.41, 5.74) is 4.33. The summed E-state index contributed by atoms with van der Waals surface area (Å²) in [5, 5.41) is 13.1. The third-order valence-electron chi connectivity index (χ3n) is 4.30. The van der Waals surface area contributed by atoms with Crippen molar-refractivity contribution in [2.24, 2.45) is 0 Å². The maximum absolute atomic E-state index is 12.3. The maximum atomic E-state index is 12.3. The predicted molar refractivity (Wildman–Crippen MR) is 93.8 cm³/mol. The summed E-state index contributed by atoms with van der Waals surface area (Å²) in [7, 11) is 0. The summed E-state index contributed by atoms with van der Waals surface area (Å²) in [6.45, 7) is 0. The quantitative estimate of drug-likeness (QED) is 0.768. The van der Waals surface area contributed by atoms with Gasteiger partial charge in [-0.3, -0.25) is 9.89 Å². The van der Waals surface area contributed by atoms with Crippen LogP contribution >= 0.6 is 11.3 Å². The van der Waals surface area contributed by atoms with Crippen LogP contribution in [0.3, 0.4) is 0 Å². The van der Waals surface area contributed by atoms with Crippen molar-refractivity contribution >= 4 is 17.2 Å². The highest BCUT2D eigenvalue weighted by Crippen LogP contribution is 2.23. The van der Waals surface area contributed by atoms with Crippen molar-refractivity contribution in [3.8, 4) is 10.6 Å². The summed E-state index contributed by atoms with van der Waals surface area (Å²) in [4.78, 5) is 16.9. The van der Waals surface area contributed by atoms with E-state index < -0.39 is 0 Å². The molecule has 3 aromatic rings. The molecule has 0 fully saturated rings. The molecule has 0 aliphatic heterocycles. The van der Waals surface area contributed by atoms with Crippen LogP contribution in [-0.4, -0.2) is 27.1 Å². The van der Waals surface area contributed by atoms with Crippen LogP contribution in [0.1, 0.15) is 23.4 Å². The molecule has 5 nitrogen and oxygen atoms in total. The van der Waals surface area contributed by atoms with Gasteiger partial charge in [-0.1, -0.05) is 30.3 Å². The van der Waals surface area contributed by atoms with E-state index in [4.69, 9.17) is 0 Å². The number of benzene rings is 1. The first-order valence-corrected chi connectivity index (χ1v) is 8.96. The molecular formula is C18H18N4OS. The van der Waals surface area contributed by atoms with Crippen molar-refractivity contribution in [2.45, 2.75) is 31.7 Å². The second-order valence-electron chi connectivity index (χ2n) is 6.07. The van der Waals surface area contributed by atoms with Crippen LogP contribution in [-0.2, 0) is 24.1 Å². The molecule has 0 spiro atoms. The van der Waals surface area contributed by atoms with Crippen LogP contribution in [0.2, 0.25) is 0 Å². The number of thiazole rings is 1. The largest absolute Gasteiger partial charge is 0.353 e. The number of nitrogens with zero attached hydrogens (tertiary/aromatic N) is 2. The van der Waals surface area contributed by atoms with Gasteiger partial charge in [-0.15, -0.1) is 11.3 Å². The summed E-state index contributed by atoms with van der Waals surface area (Å²) in [6, 6.07) is 10.2. The zero-order valence-corrected chi connectivity index (χ0v) is 14.0. The highest BCUT2D eigenvalue weighted by molar-refractivity contribution is 7.13. The first kappa shape index (κ1) is 15.1. The highest BCUT2D eigenvalue weighted by Gasteiger charge is 2.21. The van der Waals surface area contributed by atoms with Gasteiger partial charge in [-0.25, -0.2) is 4.98 Å². The molecule has 0 radical (unpaired) electrons. The molecule has 1 aliphatic carbocycles. The van der Waals surface area contributed by atoms with Gasteiger partial charge in [0, 0.05) is 29.1 Å². The molecule has 0 saturated carbocycles. The van der Waals surface area contributed by atoms with Crippen molar-refractivity contribution in [3.63, 3.8) is 0 Å². The number of H-pyrrole nitrogens is 1. The highest BCUT2D eigenvalue weighted by atomic mass is 32.1. The van der Waals surface area contributed by atoms with E-state index in [9.17, 15) is 4.79 Å². The molecular weight excluding hydrogens is 320 g/mol. The smallest absolute Gasteiger partial charge is 0.226 e. The van der Waals surface area contributed by atoms with Crippen molar-refractivity contribution < 1.29 is 4.79 Å². The van der Waals surface area contributed by atoms with Gasteiger partial charge in [0.25, 0.3) is 0 Å². The Balaban J connectivity index is 1.36. The molecule has 2 heterocycles. The maximum Gasteiger partial charge on any atom is 0.226 e. The number of carbonyl (C=O) groups is 1. The Labute approximate surface area is 144 Å². The van der Waals surface area contributed by atoms with Crippen LogP contribution in [0.5, 0.6) is 0 Å². The van der Waals surface area contributed by atoms with E-state index in [-0.39, 0.29) is 11.9 Å². The number of amides is 1. The number of hydrogen-bond acceptors (Lipinski definition) is 4. The van der Waals surface area contributed by atoms with Gasteiger partial charge in [0.1, 0.15) is 5.01 Å². The van der Waals surface area contributed by atoms with Crippen LogP contribution in [0.15, 0.2) is 41.9 Å². The molecule has 1 aromatic carbocycles. The van der Waals surface area contributed by atoms with E-state index in [0.29, 0.717) is 6.42 Å². The summed E-state index contributed by atoms with van der Waals surface area (Å²) < 4.78 is 0. The second kappa shape index (κ2) is 6.57. The van der Waals surface area contributed by atoms with Crippen LogP contribution in [0, 0.1) is 0 Å². The molecule has 0 bridgehead atoms.